The number of fused-ring (bicyclic) bond motifs is 1. The van der Waals surface area contributed by atoms with E-state index in [1.807, 2.05) is 0 Å². The summed E-state index contributed by atoms with van der Waals surface area (Å²) < 4.78 is 47.0. The van der Waals surface area contributed by atoms with Gasteiger partial charge in [-0.1, -0.05) is 0 Å². The molecule has 1 fully saturated rings. The molecular weight excluding hydrogens is 507 g/mol. The average molecular weight is 523 g/mol. The average Bonchev–Trinajstić information content (AvgIpc) is 3.13. The zero-order valence-corrected chi connectivity index (χ0v) is 18.5. The third-order valence-electron chi connectivity index (χ3n) is 3.78. The van der Waals surface area contributed by atoms with Gasteiger partial charge in [-0.3, -0.25) is 14.3 Å². The largest absolute Gasteiger partial charge is 0.490 e. The third kappa shape index (κ3) is 6.22. The monoisotopic (exact) mass is 523 g/mol. The number of nitrogens with two attached hydrogens (primary N) is 1. The van der Waals surface area contributed by atoms with Crippen molar-refractivity contribution in [1.82, 2.24) is 19.5 Å². The predicted octanol–water partition coefficient (Wildman–Crippen LogP) is -0.590. The molecule has 1 saturated heterocycles. The van der Waals surface area contributed by atoms with Crippen molar-refractivity contribution in [3.63, 3.8) is 0 Å². The number of aromatic nitrogens is 4. The van der Waals surface area contributed by atoms with Gasteiger partial charge < -0.3 is 35.0 Å². The number of rotatable bonds is 8. The fourth-order valence-corrected chi connectivity index (χ4v) is 7.24. The van der Waals surface area contributed by atoms with Crippen LogP contribution in [0.5, 0.6) is 0 Å². The Hall–Kier alpha value is -1.13. The lowest BCUT2D eigenvalue weighted by molar-refractivity contribution is 0.126. The van der Waals surface area contributed by atoms with Gasteiger partial charge in [0.05, 0.1) is 29.7 Å². The zero-order chi connectivity index (χ0) is 23.2. The van der Waals surface area contributed by atoms with Crippen molar-refractivity contribution in [3.05, 3.63) is 16.7 Å². The summed E-state index contributed by atoms with van der Waals surface area (Å²) in [5.74, 6) is -0.146. The Bertz CT molecular complexity index is 1180. The Labute approximate surface area is 176 Å². The van der Waals surface area contributed by atoms with Crippen LogP contribution in [0.1, 0.15) is 11.8 Å². The number of aliphatic hydroxyl groups is 1. The lowest BCUT2D eigenvalue weighted by Crippen LogP contribution is -2.22. The number of H-pyrrole nitrogens is 1. The second-order valence-corrected chi connectivity index (χ2v) is 11.9. The van der Waals surface area contributed by atoms with E-state index in [1.165, 1.54) is 10.9 Å². The van der Waals surface area contributed by atoms with Crippen LogP contribution in [-0.4, -0.2) is 62.2 Å². The van der Waals surface area contributed by atoms with E-state index in [2.05, 4.69) is 28.1 Å². The highest BCUT2D eigenvalue weighted by atomic mass is 32.2. The SMILES string of the molecule is Nc1nc2c(ncn2[C@H]2C[C@H](O)[C@@H](COP(=O)(O)OP(=O)(O)OP(=O)(O)O)S2)c(=O)[nH]1. The summed E-state index contributed by atoms with van der Waals surface area (Å²) in [7, 11) is -16.5. The van der Waals surface area contributed by atoms with Crippen molar-refractivity contribution in [2.24, 2.45) is 0 Å². The number of aliphatic hydroxyl groups excluding tert-OH is 1. The van der Waals surface area contributed by atoms with E-state index in [0.29, 0.717) is 0 Å². The molecule has 2 aromatic heterocycles. The van der Waals surface area contributed by atoms with Gasteiger partial charge in [0.15, 0.2) is 11.2 Å². The second-order valence-electron chi connectivity index (χ2n) is 6.09. The van der Waals surface area contributed by atoms with Crippen molar-refractivity contribution in [1.29, 1.82) is 0 Å². The lowest BCUT2D eigenvalue weighted by Gasteiger charge is -2.18. The molecule has 17 nitrogen and oxygen atoms in total. The highest BCUT2D eigenvalue weighted by Gasteiger charge is 2.42. The van der Waals surface area contributed by atoms with E-state index in [1.54, 1.807) is 0 Å². The number of hydrogen-bond acceptors (Lipinski definition) is 12. The second kappa shape index (κ2) is 8.67. The predicted molar refractivity (Wildman–Crippen MR) is 103 cm³/mol. The molecule has 3 heterocycles. The molecule has 2 aromatic rings. The third-order valence-corrected chi connectivity index (χ3v) is 9.12. The minimum Gasteiger partial charge on any atom is -0.392 e. The van der Waals surface area contributed by atoms with Crippen molar-refractivity contribution in [2.75, 3.05) is 12.3 Å². The molecule has 0 aromatic carbocycles. The first-order valence-electron chi connectivity index (χ1n) is 8.00. The first-order valence-corrected chi connectivity index (χ1v) is 13.5. The normalized spacial score (nSPS) is 26.0. The zero-order valence-electron chi connectivity index (χ0n) is 15.0. The van der Waals surface area contributed by atoms with E-state index in [9.17, 15) is 28.5 Å². The molecule has 0 spiro atoms. The molecule has 8 N–H and O–H groups in total. The van der Waals surface area contributed by atoms with Gasteiger partial charge in [-0.05, 0) is 0 Å². The van der Waals surface area contributed by atoms with E-state index < -0.39 is 52.4 Å². The first kappa shape index (κ1) is 24.5. The standard InChI is InChI=1S/C10H16N5O12P3S/c11-10-13-8-7(9(17)14-10)12-3-15(8)6-1-4(16)5(31-6)2-25-29(21,22)27-30(23,24)26-28(18,19)20/h3-6,16H,1-2H2,(H,21,22)(H,23,24)(H2,18,19,20)(H3,11,13,14,17)/t4-,5+,6+/m0/s1. The molecule has 5 atom stereocenters. The van der Waals surface area contributed by atoms with Gasteiger partial charge in [-0.15, -0.1) is 11.8 Å². The Morgan fingerprint density at radius 3 is 2.55 bits per heavy atom. The molecule has 0 radical (unpaired) electrons. The molecule has 31 heavy (non-hydrogen) atoms. The maximum absolute atomic E-state index is 11.9. The minimum atomic E-state index is -5.64. The van der Waals surface area contributed by atoms with Crippen molar-refractivity contribution in [3.8, 4) is 0 Å². The van der Waals surface area contributed by atoms with Crippen molar-refractivity contribution < 1.29 is 51.5 Å². The van der Waals surface area contributed by atoms with E-state index in [-0.39, 0.29) is 23.5 Å². The maximum Gasteiger partial charge on any atom is 0.490 e. The quantitative estimate of drug-likeness (QED) is 0.213. The lowest BCUT2D eigenvalue weighted by atomic mass is 10.2. The smallest absolute Gasteiger partial charge is 0.392 e. The molecule has 1 aliphatic rings. The summed E-state index contributed by atoms with van der Waals surface area (Å²) in [5, 5.41) is 8.86. The van der Waals surface area contributed by atoms with E-state index in [4.69, 9.17) is 20.4 Å². The minimum absolute atomic E-state index is 0.0148. The number of imidazole rings is 1. The summed E-state index contributed by atoms with van der Waals surface area (Å²) in [6, 6.07) is 0. The molecule has 174 valence electrons. The van der Waals surface area contributed by atoms with Crippen LogP contribution in [0.25, 0.3) is 11.2 Å². The van der Waals surface area contributed by atoms with E-state index >= 15 is 0 Å². The van der Waals surface area contributed by atoms with Gasteiger partial charge >= 0.3 is 23.5 Å². The fourth-order valence-electron chi connectivity index (χ4n) is 2.66. The molecular formula is C10H16N5O12P3S. The van der Waals surface area contributed by atoms with Gasteiger partial charge in [0.25, 0.3) is 5.56 Å². The van der Waals surface area contributed by atoms with Crippen LogP contribution < -0.4 is 11.3 Å². The number of nitrogen functional groups attached to an aromatic ring is 1. The van der Waals surface area contributed by atoms with Crippen LogP contribution in [0.3, 0.4) is 0 Å². The summed E-state index contributed by atoms with van der Waals surface area (Å²) in [5.41, 5.74) is 5.14. The van der Waals surface area contributed by atoms with E-state index in [0.717, 1.165) is 11.8 Å². The molecule has 0 saturated carbocycles. The van der Waals surface area contributed by atoms with Crippen LogP contribution in [0, 0.1) is 0 Å². The number of aromatic amines is 1. The molecule has 1 aliphatic heterocycles. The van der Waals surface area contributed by atoms with Gasteiger partial charge in [0.2, 0.25) is 5.95 Å². The number of phosphoric ester groups is 1. The first-order chi connectivity index (χ1) is 14.2. The summed E-state index contributed by atoms with van der Waals surface area (Å²) in [4.78, 5) is 57.8. The highest BCUT2D eigenvalue weighted by molar-refractivity contribution is 8.00. The molecule has 0 bridgehead atoms. The van der Waals surface area contributed by atoms with Gasteiger partial charge in [0.1, 0.15) is 0 Å². The topological polar surface area (TPSA) is 270 Å². The number of phosphoric acid groups is 3. The molecule has 2 unspecified atom stereocenters. The van der Waals surface area contributed by atoms with Crippen molar-refractivity contribution >= 4 is 52.3 Å². The fraction of sp³-hybridized carbons (Fsp3) is 0.500. The van der Waals surface area contributed by atoms with Gasteiger partial charge in [-0.2, -0.15) is 13.6 Å². The summed E-state index contributed by atoms with van der Waals surface area (Å²) in [6.07, 6.45) is 0.315. The van der Waals surface area contributed by atoms with Crippen LogP contribution in [0.4, 0.5) is 5.95 Å². The highest BCUT2D eigenvalue weighted by Crippen LogP contribution is 2.66. The van der Waals surface area contributed by atoms with Crippen LogP contribution in [0.15, 0.2) is 11.1 Å². The van der Waals surface area contributed by atoms with Crippen LogP contribution >= 0.6 is 35.2 Å². The molecule has 3 rings (SSSR count). The number of nitrogens with zero attached hydrogens (tertiary/aromatic N) is 3. The Morgan fingerprint density at radius 1 is 1.23 bits per heavy atom. The van der Waals surface area contributed by atoms with Crippen LogP contribution in [0.2, 0.25) is 0 Å². The molecule has 0 amide bonds. The number of nitrogens with one attached hydrogen (secondary N) is 1. The summed E-state index contributed by atoms with van der Waals surface area (Å²) >= 11 is 1.05. The number of anilines is 1. The van der Waals surface area contributed by atoms with Crippen molar-refractivity contribution in [2.45, 2.75) is 23.1 Å². The Balaban J connectivity index is 1.67. The number of hydrogen-bond donors (Lipinski definition) is 7. The van der Waals surface area contributed by atoms with Crippen LogP contribution in [-0.2, 0) is 26.8 Å². The van der Waals surface area contributed by atoms with Gasteiger partial charge in [-0.25, -0.2) is 18.7 Å². The molecule has 21 heteroatoms. The maximum atomic E-state index is 11.9. The number of thioether (sulfide) groups is 1. The Morgan fingerprint density at radius 2 is 1.90 bits per heavy atom. The summed E-state index contributed by atoms with van der Waals surface area (Å²) in [6.45, 7) is -0.658. The Kier molecular flexibility index (Phi) is 6.85. The van der Waals surface area contributed by atoms with Gasteiger partial charge in [0, 0.05) is 6.42 Å². The molecule has 0 aliphatic carbocycles.